The number of nitrogens with zero attached hydrogens (tertiary/aromatic N) is 1. The summed E-state index contributed by atoms with van der Waals surface area (Å²) < 4.78 is 15.9. The van der Waals surface area contributed by atoms with E-state index in [0.717, 1.165) is 11.6 Å². The maximum atomic E-state index is 12.6. The van der Waals surface area contributed by atoms with Crippen molar-refractivity contribution in [1.29, 1.82) is 0 Å². The average Bonchev–Trinajstić information content (AvgIpc) is 2.72. The zero-order valence-corrected chi connectivity index (χ0v) is 16.8. The molecule has 0 spiro atoms. The summed E-state index contributed by atoms with van der Waals surface area (Å²) in [4.78, 5) is 35.8. The number of carbonyl (C=O) groups is 2. The number of rotatable bonds is 6. The van der Waals surface area contributed by atoms with Gasteiger partial charge in [0.05, 0.1) is 11.0 Å². The van der Waals surface area contributed by atoms with E-state index >= 15 is 0 Å². The Morgan fingerprint density at radius 2 is 1.73 bits per heavy atom. The summed E-state index contributed by atoms with van der Waals surface area (Å²) in [6, 6.07) is 9.64. The van der Waals surface area contributed by atoms with Gasteiger partial charge in [-0.05, 0) is 24.5 Å². The molecule has 1 atom stereocenters. The first kappa shape index (κ1) is 21.1. The highest BCUT2D eigenvalue weighted by molar-refractivity contribution is 5.99. The molecule has 1 amide bonds. The molecule has 158 valence electrons. The highest BCUT2D eigenvalue weighted by Crippen LogP contribution is 2.37. The zero-order valence-electron chi connectivity index (χ0n) is 16.8. The number of amides is 1. The lowest BCUT2D eigenvalue weighted by atomic mass is 10.0. The molecule has 0 saturated heterocycles. The Morgan fingerprint density at radius 3 is 2.37 bits per heavy atom. The Bertz CT molecular complexity index is 987. The van der Waals surface area contributed by atoms with E-state index in [-0.39, 0.29) is 36.2 Å². The standard InChI is InChI=1S/C21H22N2O7/c1-12(2)14-6-4-5-7-16(14)22-20(24)13(3)30-21(25)15-10-18-19(29-9-8-28-18)11-17(15)23(26)27/h4-7,10-13H,8-9H2,1-3H3,(H,22,24)/t13-/m1/s1. The number of nitro benzene ring substituents is 1. The lowest BCUT2D eigenvalue weighted by molar-refractivity contribution is -0.385. The van der Waals surface area contributed by atoms with Crippen LogP contribution in [0.3, 0.4) is 0 Å². The molecule has 1 aliphatic rings. The third-order valence-corrected chi connectivity index (χ3v) is 4.57. The van der Waals surface area contributed by atoms with Crippen molar-refractivity contribution < 1.29 is 28.7 Å². The summed E-state index contributed by atoms with van der Waals surface area (Å²) in [6.07, 6.45) is -1.18. The van der Waals surface area contributed by atoms with Crippen LogP contribution in [0.4, 0.5) is 11.4 Å². The van der Waals surface area contributed by atoms with Crippen LogP contribution < -0.4 is 14.8 Å². The summed E-state index contributed by atoms with van der Waals surface area (Å²) in [5, 5.41) is 14.1. The Kier molecular flexibility index (Phi) is 6.20. The minimum Gasteiger partial charge on any atom is -0.486 e. The first-order chi connectivity index (χ1) is 14.3. The van der Waals surface area contributed by atoms with Gasteiger partial charge in [-0.15, -0.1) is 0 Å². The number of nitrogens with one attached hydrogen (secondary N) is 1. The van der Waals surface area contributed by atoms with Crippen molar-refractivity contribution in [3.05, 3.63) is 57.6 Å². The van der Waals surface area contributed by atoms with Crippen LogP contribution in [0.1, 0.15) is 42.6 Å². The topological polar surface area (TPSA) is 117 Å². The molecule has 2 aromatic rings. The van der Waals surface area contributed by atoms with E-state index in [1.807, 2.05) is 26.0 Å². The minimum atomic E-state index is -1.18. The molecular formula is C21H22N2O7. The second-order valence-electron chi connectivity index (χ2n) is 7.05. The Labute approximate surface area is 173 Å². The fourth-order valence-electron chi connectivity index (χ4n) is 3.02. The highest BCUT2D eigenvalue weighted by atomic mass is 16.6. The fraction of sp³-hybridized carbons (Fsp3) is 0.333. The van der Waals surface area contributed by atoms with Gasteiger partial charge in [0, 0.05) is 11.8 Å². The molecule has 0 unspecified atom stereocenters. The van der Waals surface area contributed by atoms with Gasteiger partial charge in [0.25, 0.3) is 11.6 Å². The number of hydrogen-bond acceptors (Lipinski definition) is 7. The van der Waals surface area contributed by atoms with Crippen molar-refractivity contribution in [3.8, 4) is 11.5 Å². The van der Waals surface area contributed by atoms with E-state index in [1.54, 1.807) is 12.1 Å². The van der Waals surface area contributed by atoms with Crippen molar-refractivity contribution in [1.82, 2.24) is 0 Å². The molecule has 1 aliphatic heterocycles. The van der Waals surface area contributed by atoms with Gasteiger partial charge in [-0.2, -0.15) is 0 Å². The smallest absolute Gasteiger partial charge is 0.346 e. The normalized spacial score (nSPS) is 13.5. The number of carbonyl (C=O) groups excluding carboxylic acids is 2. The molecule has 1 N–H and O–H groups in total. The number of ether oxygens (including phenoxy) is 3. The predicted molar refractivity (Wildman–Crippen MR) is 108 cm³/mol. The first-order valence-electron chi connectivity index (χ1n) is 9.46. The lowest BCUT2D eigenvalue weighted by Gasteiger charge is -2.19. The molecule has 0 aromatic heterocycles. The van der Waals surface area contributed by atoms with Crippen LogP contribution in [0.25, 0.3) is 0 Å². The number of fused-ring (bicyclic) bond motifs is 1. The second kappa shape index (κ2) is 8.81. The quantitative estimate of drug-likeness (QED) is 0.435. The molecule has 0 aliphatic carbocycles. The van der Waals surface area contributed by atoms with Gasteiger partial charge in [-0.3, -0.25) is 14.9 Å². The third-order valence-electron chi connectivity index (χ3n) is 4.57. The first-order valence-corrected chi connectivity index (χ1v) is 9.46. The maximum Gasteiger partial charge on any atom is 0.346 e. The number of para-hydroxylation sites is 1. The third kappa shape index (κ3) is 4.51. The molecule has 0 bridgehead atoms. The number of nitro groups is 1. The summed E-state index contributed by atoms with van der Waals surface area (Å²) >= 11 is 0. The van der Waals surface area contributed by atoms with Crippen molar-refractivity contribution in [3.63, 3.8) is 0 Å². The van der Waals surface area contributed by atoms with Crippen molar-refractivity contribution in [2.75, 3.05) is 18.5 Å². The summed E-state index contributed by atoms with van der Waals surface area (Å²) in [6.45, 7) is 5.90. The van der Waals surface area contributed by atoms with Crippen molar-refractivity contribution in [2.24, 2.45) is 0 Å². The highest BCUT2D eigenvalue weighted by Gasteiger charge is 2.29. The van der Waals surface area contributed by atoms with Crippen molar-refractivity contribution >= 4 is 23.3 Å². The Hall–Kier alpha value is -3.62. The van der Waals surface area contributed by atoms with E-state index in [9.17, 15) is 19.7 Å². The number of hydrogen-bond donors (Lipinski definition) is 1. The number of esters is 1. The monoisotopic (exact) mass is 414 g/mol. The average molecular weight is 414 g/mol. The zero-order chi connectivity index (χ0) is 21.8. The van der Waals surface area contributed by atoms with Gasteiger partial charge in [0.1, 0.15) is 18.8 Å². The molecule has 0 fully saturated rings. The maximum absolute atomic E-state index is 12.6. The van der Waals surface area contributed by atoms with E-state index in [2.05, 4.69) is 5.32 Å². The predicted octanol–water partition coefficient (Wildman–Crippen LogP) is 3.67. The van der Waals surface area contributed by atoms with Crippen LogP contribution in [-0.2, 0) is 9.53 Å². The molecule has 3 rings (SSSR count). The van der Waals surface area contributed by atoms with Gasteiger partial charge in [-0.25, -0.2) is 4.79 Å². The minimum absolute atomic E-state index is 0.180. The van der Waals surface area contributed by atoms with Gasteiger partial charge in [0.2, 0.25) is 0 Å². The lowest BCUT2D eigenvalue weighted by Crippen LogP contribution is -2.30. The SMILES string of the molecule is CC(C)c1ccccc1NC(=O)[C@@H](C)OC(=O)c1cc2c(cc1[N+](=O)[O-])OCCO2. The number of benzene rings is 2. The Morgan fingerprint density at radius 1 is 1.10 bits per heavy atom. The van der Waals surface area contributed by atoms with Gasteiger partial charge < -0.3 is 19.5 Å². The van der Waals surface area contributed by atoms with Crippen LogP contribution in [0.15, 0.2) is 36.4 Å². The fourth-order valence-corrected chi connectivity index (χ4v) is 3.02. The van der Waals surface area contributed by atoms with E-state index in [4.69, 9.17) is 14.2 Å². The van der Waals surface area contributed by atoms with Crippen LogP contribution in [0.2, 0.25) is 0 Å². The summed E-state index contributed by atoms with van der Waals surface area (Å²) in [5.41, 5.74) is 0.756. The summed E-state index contributed by atoms with van der Waals surface area (Å²) in [7, 11) is 0. The van der Waals surface area contributed by atoms with Crippen LogP contribution in [0, 0.1) is 10.1 Å². The largest absolute Gasteiger partial charge is 0.486 e. The van der Waals surface area contributed by atoms with E-state index in [1.165, 1.54) is 13.0 Å². The molecule has 1 heterocycles. The van der Waals surface area contributed by atoms with Gasteiger partial charge in [-0.1, -0.05) is 32.0 Å². The molecular weight excluding hydrogens is 392 g/mol. The van der Waals surface area contributed by atoms with Crippen LogP contribution in [0.5, 0.6) is 11.5 Å². The molecule has 0 radical (unpaired) electrons. The second-order valence-corrected chi connectivity index (χ2v) is 7.05. The van der Waals surface area contributed by atoms with Crippen molar-refractivity contribution in [2.45, 2.75) is 32.8 Å². The Balaban J connectivity index is 1.77. The number of anilines is 1. The van der Waals surface area contributed by atoms with E-state index < -0.39 is 28.6 Å². The molecule has 9 nitrogen and oxygen atoms in total. The van der Waals surface area contributed by atoms with E-state index in [0.29, 0.717) is 5.69 Å². The molecule has 9 heteroatoms. The molecule has 2 aromatic carbocycles. The molecule has 0 saturated carbocycles. The van der Waals surface area contributed by atoms with Crippen LogP contribution in [-0.4, -0.2) is 36.1 Å². The van der Waals surface area contributed by atoms with Gasteiger partial charge >= 0.3 is 5.97 Å². The summed E-state index contributed by atoms with van der Waals surface area (Å²) in [5.74, 6) is -0.975. The molecule has 30 heavy (non-hydrogen) atoms. The van der Waals surface area contributed by atoms with Gasteiger partial charge in [0.15, 0.2) is 17.6 Å². The van der Waals surface area contributed by atoms with Crippen LogP contribution >= 0.6 is 0 Å².